The Morgan fingerprint density at radius 2 is 2.21 bits per heavy atom. The number of amides is 1. The van der Waals surface area contributed by atoms with Crippen molar-refractivity contribution in [1.82, 2.24) is 0 Å². The van der Waals surface area contributed by atoms with Gasteiger partial charge in [-0.15, -0.1) is 0 Å². The number of nitrogens with one attached hydrogen (secondary N) is 1. The van der Waals surface area contributed by atoms with Crippen molar-refractivity contribution in [3.63, 3.8) is 0 Å². The zero-order valence-corrected chi connectivity index (χ0v) is 11.4. The number of ether oxygens (including phenoxy) is 1. The Bertz CT molecular complexity index is 424. The van der Waals surface area contributed by atoms with E-state index >= 15 is 0 Å². The van der Waals surface area contributed by atoms with E-state index in [0.29, 0.717) is 24.6 Å². The van der Waals surface area contributed by atoms with Gasteiger partial charge in [0, 0.05) is 12.6 Å². The number of rotatable bonds is 7. The van der Waals surface area contributed by atoms with Gasteiger partial charge in [0.05, 0.1) is 18.2 Å². The minimum absolute atomic E-state index is 0.156. The maximum atomic E-state index is 13.1. The van der Waals surface area contributed by atoms with Gasteiger partial charge in [-0.2, -0.15) is 0 Å². The lowest BCUT2D eigenvalue weighted by Gasteiger charge is -2.16. The number of benzene rings is 1. The van der Waals surface area contributed by atoms with E-state index in [9.17, 15) is 9.18 Å². The van der Waals surface area contributed by atoms with Crippen LogP contribution in [0, 0.1) is 11.7 Å². The Kier molecular flexibility index (Phi) is 6.29. The van der Waals surface area contributed by atoms with Gasteiger partial charge in [-0.3, -0.25) is 4.79 Å². The molecule has 0 aromatic heterocycles. The summed E-state index contributed by atoms with van der Waals surface area (Å²) in [4.78, 5) is 12.0. The van der Waals surface area contributed by atoms with Crippen LogP contribution in [0.5, 0.6) is 5.75 Å². The Morgan fingerprint density at radius 1 is 1.47 bits per heavy atom. The van der Waals surface area contributed by atoms with Crippen molar-refractivity contribution in [1.29, 1.82) is 0 Å². The lowest BCUT2D eigenvalue weighted by Crippen LogP contribution is -2.29. The molecule has 0 bridgehead atoms. The fourth-order valence-corrected chi connectivity index (χ4v) is 1.81. The molecule has 0 aliphatic rings. The third-order valence-electron chi connectivity index (χ3n) is 2.79. The molecule has 1 aromatic carbocycles. The molecule has 0 aliphatic heterocycles. The third-order valence-corrected chi connectivity index (χ3v) is 2.79. The van der Waals surface area contributed by atoms with Gasteiger partial charge < -0.3 is 15.8 Å². The molecule has 1 atom stereocenters. The van der Waals surface area contributed by atoms with Crippen molar-refractivity contribution in [2.24, 2.45) is 11.7 Å². The Labute approximate surface area is 113 Å². The molecule has 4 nitrogen and oxygen atoms in total. The average Bonchev–Trinajstić information content (AvgIpc) is 2.39. The van der Waals surface area contributed by atoms with Gasteiger partial charge in [0.15, 0.2) is 0 Å². The van der Waals surface area contributed by atoms with E-state index in [0.717, 1.165) is 12.8 Å². The normalized spacial score (nSPS) is 12.0. The molecule has 0 radical (unpaired) electrons. The number of hydrogen-bond donors (Lipinski definition) is 2. The van der Waals surface area contributed by atoms with Crippen LogP contribution in [-0.4, -0.2) is 19.1 Å². The highest BCUT2D eigenvalue weighted by molar-refractivity contribution is 5.94. The smallest absolute Gasteiger partial charge is 0.228 e. The van der Waals surface area contributed by atoms with Gasteiger partial charge >= 0.3 is 0 Å². The summed E-state index contributed by atoms with van der Waals surface area (Å²) in [5, 5.41) is 2.75. The van der Waals surface area contributed by atoms with E-state index in [1.54, 1.807) is 6.92 Å². The quantitative estimate of drug-likeness (QED) is 0.798. The van der Waals surface area contributed by atoms with Crippen LogP contribution in [0.2, 0.25) is 0 Å². The summed E-state index contributed by atoms with van der Waals surface area (Å²) in [5.74, 6) is -0.449. The molecule has 1 unspecified atom stereocenters. The largest absolute Gasteiger partial charge is 0.492 e. The van der Waals surface area contributed by atoms with Crippen LogP contribution in [-0.2, 0) is 4.79 Å². The molecule has 1 aromatic rings. The van der Waals surface area contributed by atoms with Crippen LogP contribution in [0.3, 0.4) is 0 Å². The van der Waals surface area contributed by atoms with Crippen LogP contribution in [0.25, 0.3) is 0 Å². The second-order valence-corrected chi connectivity index (χ2v) is 4.28. The number of carbonyl (C=O) groups is 1. The second-order valence-electron chi connectivity index (χ2n) is 4.28. The van der Waals surface area contributed by atoms with E-state index in [1.807, 2.05) is 6.92 Å². The molecule has 1 rings (SSSR count). The number of halogens is 1. The maximum Gasteiger partial charge on any atom is 0.228 e. The predicted octanol–water partition coefficient (Wildman–Crippen LogP) is 2.54. The minimum Gasteiger partial charge on any atom is -0.492 e. The summed E-state index contributed by atoms with van der Waals surface area (Å²) in [6.45, 7) is 4.50. The molecular weight excluding hydrogens is 247 g/mol. The minimum atomic E-state index is -0.398. The number of nitrogens with two attached hydrogens (primary N) is 1. The number of hydrogen-bond acceptors (Lipinski definition) is 3. The van der Waals surface area contributed by atoms with Crippen LogP contribution < -0.4 is 15.8 Å². The lowest BCUT2D eigenvalue weighted by molar-refractivity contribution is -0.119. The van der Waals surface area contributed by atoms with Crippen molar-refractivity contribution in [2.75, 3.05) is 18.5 Å². The first-order valence-corrected chi connectivity index (χ1v) is 6.55. The highest BCUT2D eigenvalue weighted by Gasteiger charge is 2.17. The highest BCUT2D eigenvalue weighted by atomic mass is 19.1. The van der Waals surface area contributed by atoms with Crippen molar-refractivity contribution in [3.8, 4) is 5.75 Å². The van der Waals surface area contributed by atoms with Gasteiger partial charge in [0.2, 0.25) is 5.91 Å². The summed E-state index contributed by atoms with van der Waals surface area (Å²) in [5.41, 5.74) is 6.06. The number of anilines is 1. The van der Waals surface area contributed by atoms with E-state index < -0.39 is 5.82 Å². The van der Waals surface area contributed by atoms with Gasteiger partial charge in [0.25, 0.3) is 0 Å². The van der Waals surface area contributed by atoms with E-state index in [1.165, 1.54) is 18.2 Å². The first kappa shape index (κ1) is 15.4. The molecule has 3 N–H and O–H groups in total. The molecular formula is C14H21FN2O2. The highest BCUT2D eigenvalue weighted by Crippen LogP contribution is 2.26. The Morgan fingerprint density at radius 3 is 2.79 bits per heavy atom. The topological polar surface area (TPSA) is 64.4 Å². The standard InChI is InChI=1S/C14H21FN2O2/c1-3-5-10(9-16)14(18)17-12-7-6-11(15)8-13(12)19-4-2/h6-8,10H,3-5,9,16H2,1-2H3,(H,17,18). The van der Waals surface area contributed by atoms with E-state index in [2.05, 4.69) is 5.32 Å². The Hall–Kier alpha value is -1.62. The summed E-state index contributed by atoms with van der Waals surface area (Å²) in [6, 6.07) is 4.05. The fraction of sp³-hybridized carbons (Fsp3) is 0.500. The van der Waals surface area contributed by atoms with Crippen molar-refractivity contribution in [2.45, 2.75) is 26.7 Å². The molecule has 0 spiro atoms. The first-order chi connectivity index (χ1) is 9.12. The molecule has 5 heteroatoms. The lowest BCUT2D eigenvalue weighted by atomic mass is 10.0. The average molecular weight is 268 g/mol. The van der Waals surface area contributed by atoms with Crippen molar-refractivity contribution >= 4 is 11.6 Å². The SMILES string of the molecule is CCCC(CN)C(=O)Nc1ccc(F)cc1OCC. The van der Waals surface area contributed by atoms with Gasteiger partial charge in [-0.25, -0.2) is 4.39 Å². The molecule has 0 aliphatic carbocycles. The maximum absolute atomic E-state index is 13.1. The van der Waals surface area contributed by atoms with Crippen LogP contribution in [0.1, 0.15) is 26.7 Å². The molecule has 0 heterocycles. The fourth-order valence-electron chi connectivity index (χ4n) is 1.81. The summed E-state index contributed by atoms with van der Waals surface area (Å²) < 4.78 is 18.4. The van der Waals surface area contributed by atoms with E-state index in [-0.39, 0.29) is 11.8 Å². The zero-order chi connectivity index (χ0) is 14.3. The molecule has 0 fully saturated rings. The number of carbonyl (C=O) groups excluding carboxylic acids is 1. The van der Waals surface area contributed by atoms with Gasteiger partial charge in [0.1, 0.15) is 11.6 Å². The zero-order valence-electron chi connectivity index (χ0n) is 11.4. The molecule has 0 saturated carbocycles. The summed E-state index contributed by atoms with van der Waals surface area (Å²) in [7, 11) is 0. The van der Waals surface area contributed by atoms with Crippen LogP contribution >= 0.6 is 0 Å². The predicted molar refractivity (Wildman–Crippen MR) is 73.7 cm³/mol. The van der Waals surface area contributed by atoms with Crippen LogP contribution in [0.4, 0.5) is 10.1 Å². The van der Waals surface area contributed by atoms with E-state index in [4.69, 9.17) is 10.5 Å². The third kappa shape index (κ3) is 4.52. The monoisotopic (exact) mass is 268 g/mol. The van der Waals surface area contributed by atoms with Gasteiger partial charge in [-0.05, 0) is 25.5 Å². The van der Waals surface area contributed by atoms with Crippen molar-refractivity contribution < 1.29 is 13.9 Å². The van der Waals surface area contributed by atoms with Gasteiger partial charge in [-0.1, -0.05) is 13.3 Å². The van der Waals surface area contributed by atoms with Crippen molar-refractivity contribution in [3.05, 3.63) is 24.0 Å². The first-order valence-electron chi connectivity index (χ1n) is 6.55. The molecule has 19 heavy (non-hydrogen) atoms. The molecule has 106 valence electrons. The van der Waals surface area contributed by atoms with Crippen LogP contribution in [0.15, 0.2) is 18.2 Å². The summed E-state index contributed by atoms with van der Waals surface area (Å²) in [6.07, 6.45) is 1.62. The Balaban J connectivity index is 2.83. The molecule has 1 amide bonds. The second kappa shape index (κ2) is 7.74. The summed E-state index contributed by atoms with van der Waals surface area (Å²) >= 11 is 0. The molecule has 0 saturated heterocycles.